The molecule has 82 valence electrons. The van der Waals surface area contributed by atoms with Crippen LogP contribution in [-0.2, 0) is 10.0 Å². The molecule has 0 bridgehead atoms. The molecular weight excluding hydrogens is 226 g/mol. The summed E-state index contributed by atoms with van der Waals surface area (Å²) in [6.45, 7) is 0. The Bertz CT molecular complexity index is 596. The maximum Gasteiger partial charge on any atom is 0.257 e. The predicted molar refractivity (Wildman–Crippen MR) is 58.8 cm³/mol. The second-order valence-electron chi connectivity index (χ2n) is 3.12. The van der Waals surface area contributed by atoms with Gasteiger partial charge in [-0.05, 0) is 0 Å². The highest BCUT2D eigenvalue weighted by Crippen LogP contribution is 2.21. The third kappa shape index (κ3) is 2.07. The van der Waals surface area contributed by atoms with Crippen molar-refractivity contribution in [3.63, 3.8) is 0 Å². The molecule has 0 saturated carbocycles. The van der Waals surface area contributed by atoms with Gasteiger partial charge in [-0.3, -0.25) is 4.98 Å². The van der Waals surface area contributed by atoms with Crippen molar-refractivity contribution in [2.75, 3.05) is 0 Å². The van der Waals surface area contributed by atoms with Crippen molar-refractivity contribution in [2.45, 2.75) is 5.03 Å². The largest absolute Gasteiger partial charge is 0.257 e. The van der Waals surface area contributed by atoms with E-state index in [1.807, 2.05) is 6.07 Å². The van der Waals surface area contributed by atoms with Crippen LogP contribution in [0.1, 0.15) is 0 Å². The summed E-state index contributed by atoms with van der Waals surface area (Å²) in [7, 11) is -3.86. The van der Waals surface area contributed by atoms with E-state index < -0.39 is 10.0 Å². The van der Waals surface area contributed by atoms with Crippen molar-refractivity contribution in [1.82, 2.24) is 9.97 Å². The van der Waals surface area contributed by atoms with E-state index in [0.717, 1.165) is 0 Å². The monoisotopic (exact) mass is 235 g/mol. The number of nitrogens with zero attached hydrogens (tertiary/aromatic N) is 2. The molecule has 6 heteroatoms. The van der Waals surface area contributed by atoms with E-state index in [4.69, 9.17) is 5.14 Å². The molecule has 0 unspecified atom stereocenters. The molecular formula is C10H9N3O2S. The van der Waals surface area contributed by atoms with E-state index in [1.54, 1.807) is 24.3 Å². The zero-order valence-electron chi connectivity index (χ0n) is 8.24. The van der Waals surface area contributed by atoms with Crippen molar-refractivity contribution >= 4 is 10.0 Å². The normalized spacial score (nSPS) is 11.3. The summed E-state index contributed by atoms with van der Waals surface area (Å²) in [5, 5.41) is 4.86. The van der Waals surface area contributed by atoms with Gasteiger partial charge in [0.2, 0.25) is 0 Å². The maximum atomic E-state index is 11.3. The Balaban J connectivity index is 2.68. The minimum atomic E-state index is -3.86. The van der Waals surface area contributed by atoms with Crippen LogP contribution >= 0.6 is 0 Å². The predicted octanol–water partition coefficient (Wildman–Crippen LogP) is 0.791. The molecule has 2 aromatic rings. The van der Waals surface area contributed by atoms with Crippen molar-refractivity contribution in [1.29, 1.82) is 0 Å². The topological polar surface area (TPSA) is 85.9 Å². The van der Waals surface area contributed by atoms with Gasteiger partial charge in [-0.15, -0.1) is 0 Å². The van der Waals surface area contributed by atoms with E-state index >= 15 is 0 Å². The van der Waals surface area contributed by atoms with Gasteiger partial charge in [-0.2, -0.15) is 0 Å². The lowest BCUT2D eigenvalue weighted by Gasteiger charge is -2.04. The molecule has 0 atom stereocenters. The fourth-order valence-corrected chi connectivity index (χ4v) is 1.98. The number of rotatable bonds is 2. The lowest BCUT2D eigenvalue weighted by molar-refractivity contribution is 0.594. The Labute approximate surface area is 93.0 Å². The molecule has 1 aromatic carbocycles. The first-order chi connectivity index (χ1) is 7.59. The van der Waals surface area contributed by atoms with Gasteiger partial charge in [0.1, 0.15) is 5.69 Å². The molecule has 0 saturated heterocycles. The molecule has 0 aliphatic carbocycles. The Hall–Kier alpha value is -1.79. The number of hydrogen-bond acceptors (Lipinski definition) is 4. The van der Waals surface area contributed by atoms with E-state index in [1.165, 1.54) is 12.4 Å². The van der Waals surface area contributed by atoms with Crippen molar-refractivity contribution in [3.8, 4) is 11.3 Å². The van der Waals surface area contributed by atoms with Gasteiger partial charge in [-0.25, -0.2) is 18.5 Å². The van der Waals surface area contributed by atoms with E-state index in [9.17, 15) is 8.42 Å². The van der Waals surface area contributed by atoms with Crippen molar-refractivity contribution in [3.05, 3.63) is 42.7 Å². The fourth-order valence-electron chi connectivity index (χ4n) is 1.33. The average Bonchev–Trinajstić information content (AvgIpc) is 2.29. The summed E-state index contributed by atoms with van der Waals surface area (Å²) < 4.78 is 22.6. The lowest BCUT2D eigenvalue weighted by Crippen LogP contribution is -2.15. The fraction of sp³-hybridized carbons (Fsp3) is 0. The highest BCUT2D eigenvalue weighted by Gasteiger charge is 2.17. The molecule has 1 heterocycles. The first-order valence-corrected chi connectivity index (χ1v) is 6.03. The van der Waals surface area contributed by atoms with Crippen LogP contribution in [0.3, 0.4) is 0 Å². The first-order valence-electron chi connectivity index (χ1n) is 4.48. The summed E-state index contributed by atoms with van der Waals surface area (Å²) in [5.74, 6) is 0. The maximum absolute atomic E-state index is 11.3. The molecule has 0 amide bonds. The van der Waals surface area contributed by atoms with Gasteiger partial charge in [0, 0.05) is 18.0 Å². The zero-order valence-corrected chi connectivity index (χ0v) is 9.05. The summed E-state index contributed by atoms with van der Waals surface area (Å²) >= 11 is 0. The molecule has 16 heavy (non-hydrogen) atoms. The Morgan fingerprint density at radius 1 is 1.00 bits per heavy atom. The number of sulfonamides is 1. The minimum absolute atomic E-state index is 0.207. The van der Waals surface area contributed by atoms with Crippen LogP contribution in [0.4, 0.5) is 0 Å². The number of aromatic nitrogens is 2. The molecule has 2 N–H and O–H groups in total. The number of nitrogens with two attached hydrogens (primary N) is 1. The summed E-state index contributed by atoms with van der Waals surface area (Å²) in [5.41, 5.74) is 0.935. The standard InChI is InChI=1S/C10H9N3O2S/c11-16(14,15)10-9(12-6-7-13-10)8-4-2-1-3-5-8/h1-7H,(H2,11,14,15). The summed E-state index contributed by atoms with van der Waals surface area (Å²) in [4.78, 5) is 7.74. The number of hydrogen-bond donors (Lipinski definition) is 1. The van der Waals surface area contributed by atoms with Crippen LogP contribution in [-0.4, -0.2) is 18.4 Å². The van der Waals surface area contributed by atoms with E-state index in [-0.39, 0.29) is 10.7 Å². The van der Waals surface area contributed by atoms with Gasteiger partial charge < -0.3 is 0 Å². The Morgan fingerprint density at radius 3 is 2.25 bits per heavy atom. The van der Waals surface area contributed by atoms with E-state index in [2.05, 4.69) is 9.97 Å². The highest BCUT2D eigenvalue weighted by molar-refractivity contribution is 7.89. The molecule has 2 rings (SSSR count). The highest BCUT2D eigenvalue weighted by atomic mass is 32.2. The SMILES string of the molecule is NS(=O)(=O)c1nccnc1-c1ccccc1. The second kappa shape index (κ2) is 3.99. The third-order valence-electron chi connectivity index (χ3n) is 1.98. The van der Waals surface area contributed by atoms with Crippen molar-refractivity contribution in [2.24, 2.45) is 5.14 Å². The minimum Gasteiger partial charge on any atom is -0.252 e. The van der Waals surface area contributed by atoms with Gasteiger partial charge in [-0.1, -0.05) is 30.3 Å². The molecule has 0 aliphatic heterocycles. The number of primary sulfonamides is 1. The lowest BCUT2D eigenvalue weighted by atomic mass is 10.2. The van der Waals surface area contributed by atoms with Crippen LogP contribution in [0.15, 0.2) is 47.8 Å². The van der Waals surface area contributed by atoms with Crippen LogP contribution < -0.4 is 5.14 Å². The van der Waals surface area contributed by atoms with Crippen LogP contribution in [0.5, 0.6) is 0 Å². The molecule has 1 aromatic heterocycles. The van der Waals surface area contributed by atoms with Gasteiger partial charge in [0.05, 0.1) is 0 Å². The second-order valence-corrected chi connectivity index (χ2v) is 4.60. The Morgan fingerprint density at radius 2 is 1.62 bits per heavy atom. The molecule has 5 nitrogen and oxygen atoms in total. The van der Waals surface area contributed by atoms with Crippen LogP contribution in [0.25, 0.3) is 11.3 Å². The number of benzene rings is 1. The van der Waals surface area contributed by atoms with E-state index in [0.29, 0.717) is 5.56 Å². The molecule has 0 radical (unpaired) electrons. The molecule has 0 spiro atoms. The Kier molecular flexibility index (Phi) is 2.67. The average molecular weight is 235 g/mol. The molecule has 0 aliphatic rings. The first kappa shape index (κ1) is 10.7. The smallest absolute Gasteiger partial charge is 0.252 e. The zero-order chi connectivity index (χ0) is 11.6. The quantitative estimate of drug-likeness (QED) is 0.833. The third-order valence-corrected chi connectivity index (χ3v) is 2.82. The van der Waals surface area contributed by atoms with Gasteiger partial charge >= 0.3 is 0 Å². The van der Waals surface area contributed by atoms with Crippen molar-refractivity contribution < 1.29 is 8.42 Å². The summed E-state index contributed by atoms with van der Waals surface area (Å²) in [6, 6.07) is 8.90. The van der Waals surface area contributed by atoms with Crippen LogP contribution in [0.2, 0.25) is 0 Å². The van der Waals surface area contributed by atoms with Gasteiger partial charge in [0.15, 0.2) is 5.03 Å². The van der Waals surface area contributed by atoms with Gasteiger partial charge in [0.25, 0.3) is 10.0 Å². The van der Waals surface area contributed by atoms with Crippen LogP contribution in [0, 0.1) is 0 Å². The summed E-state index contributed by atoms with van der Waals surface area (Å²) in [6.07, 6.45) is 2.73. The molecule has 0 fully saturated rings.